The molecule has 2 aromatic carbocycles. The molecule has 4 N–H and O–H groups in total. The summed E-state index contributed by atoms with van der Waals surface area (Å²) in [7, 11) is 3.00. The molecule has 0 aliphatic carbocycles. The van der Waals surface area contributed by atoms with Crippen molar-refractivity contribution in [1.82, 2.24) is 5.32 Å². The largest absolute Gasteiger partial charge is 0.497 e. The maximum absolute atomic E-state index is 12.0. The van der Waals surface area contributed by atoms with Crippen molar-refractivity contribution in [2.24, 2.45) is 0 Å². The quantitative estimate of drug-likeness (QED) is 0.578. The Bertz CT molecular complexity index is 859. The van der Waals surface area contributed by atoms with Gasteiger partial charge in [0.05, 0.1) is 7.11 Å². The highest BCUT2D eigenvalue weighted by molar-refractivity contribution is 6.31. The number of hydrogen-bond acceptors (Lipinski definition) is 6. The normalized spacial score (nSPS) is 26.8. The number of rotatable bonds is 5. The molecule has 7 nitrogen and oxygen atoms in total. The molecular formula is C21H24ClNO6. The van der Waals surface area contributed by atoms with Crippen molar-refractivity contribution in [2.45, 2.75) is 36.9 Å². The van der Waals surface area contributed by atoms with E-state index in [9.17, 15) is 20.1 Å². The Morgan fingerprint density at radius 3 is 2.41 bits per heavy atom. The van der Waals surface area contributed by atoms with Crippen LogP contribution >= 0.6 is 11.6 Å². The van der Waals surface area contributed by atoms with Crippen LogP contribution < -0.4 is 10.1 Å². The Labute approximate surface area is 173 Å². The van der Waals surface area contributed by atoms with Gasteiger partial charge in [-0.25, -0.2) is 0 Å². The van der Waals surface area contributed by atoms with Crippen molar-refractivity contribution < 1.29 is 29.6 Å². The summed E-state index contributed by atoms with van der Waals surface area (Å²) in [5.41, 5.74) is 2.35. The molecule has 1 fully saturated rings. The van der Waals surface area contributed by atoms with Gasteiger partial charge in [-0.15, -0.1) is 0 Å². The van der Waals surface area contributed by atoms with Gasteiger partial charge < -0.3 is 30.1 Å². The second-order valence-corrected chi connectivity index (χ2v) is 7.35. The van der Waals surface area contributed by atoms with E-state index in [-0.39, 0.29) is 0 Å². The Morgan fingerprint density at radius 2 is 1.79 bits per heavy atom. The van der Waals surface area contributed by atoms with Crippen LogP contribution in [0.2, 0.25) is 5.02 Å². The summed E-state index contributed by atoms with van der Waals surface area (Å²) in [6, 6.07) is 12.7. The fourth-order valence-electron chi connectivity index (χ4n) is 3.38. The first-order valence-electron chi connectivity index (χ1n) is 9.18. The molecule has 8 heteroatoms. The van der Waals surface area contributed by atoms with Gasteiger partial charge in [0.25, 0.3) is 5.91 Å². The molecule has 156 valence electrons. The first-order valence-corrected chi connectivity index (χ1v) is 9.56. The minimum Gasteiger partial charge on any atom is -0.497 e. The molecule has 0 unspecified atom stereocenters. The molecule has 0 saturated carbocycles. The van der Waals surface area contributed by atoms with Crippen molar-refractivity contribution in [1.29, 1.82) is 0 Å². The van der Waals surface area contributed by atoms with E-state index in [4.69, 9.17) is 21.1 Å². The first kappa shape index (κ1) is 21.5. The molecule has 0 bridgehead atoms. The zero-order valence-electron chi connectivity index (χ0n) is 16.1. The Morgan fingerprint density at radius 1 is 1.10 bits per heavy atom. The van der Waals surface area contributed by atoms with Crippen LogP contribution in [0.25, 0.3) is 0 Å². The summed E-state index contributed by atoms with van der Waals surface area (Å²) < 4.78 is 10.8. The zero-order chi connectivity index (χ0) is 21.1. The number of likely N-dealkylation sites (N-methyl/N-ethyl adjacent to an activating group) is 1. The van der Waals surface area contributed by atoms with E-state index in [1.165, 1.54) is 7.05 Å². The third-order valence-corrected chi connectivity index (χ3v) is 5.44. The zero-order valence-corrected chi connectivity index (χ0v) is 16.8. The molecule has 5 atom stereocenters. The van der Waals surface area contributed by atoms with E-state index < -0.39 is 36.4 Å². The topological polar surface area (TPSA) is 108 Å². The number of nitrogens with one attached hydrogen (secondary N) is 1. The van der Waals surface area contributed by atoms with E-state index in [1.807, 2.05) is 24.3 Å². The monoisotopic (exact) mass is 421 g/mol. The highest BCUT2D eigenvalue weighted by Crippen LogP contribution is 2.34. The van der Waals surface area contributed by atoms with Gasteiger partial charge in [0.15, 0.2) is 6.10 Å². The van der Waals surface area contributed by atoms with Gasteiger partial charge in [-0.3, -0.25) is 4.79 Å². The lowest BCUT2D eigenvalue weighted by Gasteiger charge is -2.40. The molecule has 1 aliphatic rings. The maximum atomic E-state index is 12.0. The Balaban J connectivity index is 1.87. The number of ether oxygens (including phenoxy) is 2. The standard InChI is InChI=1S/C21H24ClNO6/c1-23-21(27)20-18(26)16(24)17(25)19(29-20)12-5-8-15(22)13(10-12)9-11-3-6-14(28-2)7-4-11/h3-8,10,16-20,24-26H,9H2,1-2H3,(H,23,27)/t16-,17-,18+,19+,20+/m1/s1. The molecule has 2 aromatic rings. The van der Waals surface area contributed by atoms with Gasteiger partial charge in [0.1, 0.15) is 30.2 Å². The predicted molar refractivity (Wildman–Crippen MR) is 107 cm³/mol. The second-order valence-electron chi connectivity index (χ2n) is 6.94. The van der Waals surface area contributed by atoms with Crippen LogP contribution in [0.5, 0.6) is 5.75 Å². The van der Waals surface area contributed by atoms with Crippen LogP contribution in [0.3, 0.4) is 0 Å². The van der Waals surface area contributed by atoms with Crippen LogP contribution in [0.15, 0.2) is 42.5 Å². The summed E-state index contributed by atoms with van der Waals surface area (Å²) in [5, 5.41) is 33.6. The predicted octanol–water partition coefficient (Wildman–Crippen LogP) is 1.21. The van der Waals surface area contributed by atoms with Gasteiger partial charge >= 0.3 is 0 Å². The molecule has 1 aliphatic heterocycles. The summed E-state index contributed by atoms with van der Waals surface area (Å²) >= 11 is 6.35. The highest BCUT2D eigenvalue weighted by Gasteiger charge is 2.47. The molecule has 0 radical (unpaired) electrons. The second kappa shape index (κ2) is 9.11. The summed E-state index contributed by atoms with van der Waals surface area (Å²) in [5.74, 6) is 0.168. The lowest BCUT2D eigenvalue weighted by molar-refractivity contribution is -0.222. The van der Waals surface area contributed by atoms with Gasteiger partial charge in [-0.1, -0.05) is 35.9 Å². The van der Waals surface area contributed by atoms with E-state index in [0.717, 1.165) is 16.9 Å². The molecule has 1 amide bonds. The Hall–Kier alpha value is -2.16. The van der Waals surface area contributed by atoms with Crippen molar-refractivity contribution >= 4 is 17.5 Å². The van der Waals surface area contributed by atoms with E-state index >= 15 is 0 Å². The minimum absolute atomic E-state index is 0.531. The third kappa shape index (κ3) is 4.55. The summed E-state index contributed by atoms with van der Waals surface area (Å²) in [6.45, 7) is 0. The van der Waals surface area contributed by atoms with Crippen LogP contribution in [0.1, 0.15) is 22.8 Å². The van der Waals surface area contributed by atoms with Crippen LogP contribution in [-0.4, -0.2) is 59.8 Å². The number of aliphatic hydroxyl groups is 3. The molecule has 1 heterocycles. The number of aliphatic hydroxyl groups excluding tert-OH is 3. The molecule has 1 saturated heterocycles. The van der Waals surface area contributed by atoms with Crippen LogP contribution in [-0.2, 0) is 16.0 Å². The number of methoxy groups -OCH3 is 1. The van der Waals surface area contributed by atoms with Crippen molar-refractivity contribution in [3.05, 3.63) is 64.2 Å². The minimum atomic E-state index is -1.53. The smallest absolute Gasteiger partial charge is 0.251 e. The number of hydrogen-bond donors (Lipinski definition) is 4. The molecule has 3 rings (SSSR count). The molecule has 0 aromatic heterocycles. The fraction of sp³-hybridized carbons (Fsp3) is 0.381. The van der Waals surface area contributed by atoms with Gasteiger partial charge in [0.2, 0.25) is 0 Å². The molecule has 29 heavy (non-hydrogen) atoms. The van der Waals surface area contributed by atoms with Gasteiger partial charge in [0, 0.05) is 12.1 Å². The van der Waals surface area contributed by atoms with E-state index in [0.29, 0.717) is 17.0 Å². The van der Waals surface area contributed by atoms with Crippen molar-refractivity contribution in [3.8, 4) is 5.75 Å². The fourth-order valence-corrected chi connectivity index (χ4v) is 3.57. The van der Waals surface area contributed by atoms with Gasteiger partial charge in [-0.05, 0) is 41.3 Å². The number of amides is 1. The number of carbonyl (C=O) groups is 1. The van der Waals surface area contributed by atoms with Crippen molar-refractivity contribution in [2.75, 3.05) is 14.2 Å². The van der Waals surface area contributed by atoms with E-state index in [2.05, 4.69) is 5.32 Å². The number of benzene rings is 2. The lowest BCUT2D eigenvalue weighted by Crippen LogP contribution is -2.58. The van der Waals surface area contributed by atoms with Crippen molar-refractivity contribution in [3.63, 3.8) is 0 Å². The molecular weight excluding hydrogens is 398 g/mol. The molecule has 0 spiro atoms. The summed E-state index contributed by atoms with van der Waals surface area (Å²) in [6.07, 6.45) is -6.24. The van der Waals surface area contributed by atoms with Crippen LogP contribution in [0, 0.1) is 0 Å². The third-order valence-electron chi connectivity index (χ3n) is 5.07. The van der Waals surface area contributed by atoms with E-state index in [1.54, 1.807) is 25.3 Å². The number of halogens is 1. The maximum Gasteiger partial charge on any atom is 0.251 e. The number of carbonyl (C=O) groups excluding carboxylic acids is 1. The average Bonchev–Trinajstić information content (AvgIpc) is 2.74. The Kier molecular flexibility index (Phi) is 6.77. The lowest BCUT2D eigenvalue weighted by atomic mass is 9.89. The first-order chi connectivity index (χ1) is 13.8. The highest BCUT2D eigenvalue weighted by atomic mass is 35.5. The average molecular weight is 422 g/mol. The van der Waals surface area contributed by atoms with Crippen LogP contribution in [0.4, 0.5) is 0 Å². The summed E-state index contributed by atoms with van der Waals surface area (Å²) in [4.78, 5) is 12.0. The SMILES string of the molecule is CNC(=O)[C@H]1O[C@@H](c2ccc(Cl)c(Cc3ccc(OC)cc3)c2)[C@H](O)[C@@H](O)[C@@H]1O. The van der Waals surface area contributed by atoms with Gasteiger partial charge in [-0.2, -0.15) is 0 Å².